The number of hydrogen-bond donors (Lipinski definition) is 1. The van der Waals surface area contributed by atoms with E-state index in [1.54, 1.807) is 6.07 Å². The van der Waals surface area contributed by atoms with E-state index >= 15 is 0 Å². The van der Waals surface area contributed by atoms with Crippen molar-refractivity contribution in [2.24, 2.45) is 0 Å². The summed E-state index contributed by atoms with van der Waals surface area (Å²) in [6.45, 7) is 1.43. The summed E-state index contributed by atoms with van der Waals surface area (Å²) in [7, 11) is 0. The average Bonchev–Trinajstić information content (AvgIpc) is 2.27. The van der Waals surface area contributed by atoms with Crippen LogP contribution in [0.5, 0.6) is 0 Å². The number of hydrogen-bond acceptors (Lipinski definition) is 5. The molecule has 1 unspecified atom stereocenters. The van der Waals surface area contributed by atoms with Gasteiger partial charge in [0.2, 0.25) is 0 Å². The minimum absolute atomic E-state index is 0.0717. The molecule has 0 spiro atoms. The van der Waals surface area contributed by atoms with E-state index in [1.807, 2.05) is 0 Å². The van der Waals surface area contributed by atoms with Crippen LogP contribution in [0.3, 0.4) is 0 Å². The van der Waals surface area contributed by atoms with Crippen LogP contribution in [0.1, 0.15) is 12.5 Å². The third-order valence-corrected chi connectivity index (χ3v) is 3.09. The molecule has 88 valence electrons. The van der Waals surface area contributed by atoms with Crippen molar-refractivity contribution in [2.75, 3.05) is 0 Å². The van der Waals surface area contributed by atoms with Gasteiger partial charge in [-0.25, -0.2) is 0 Å². The van der Waals surface area contributed by atoms with E-state index in [0.29, 0.717) is 0 Å². The van der Waals surface area contributed by atoms with Crippen LogP contribution in [0.2, 0.25) is 0 Å². The molecule has 0 aliphatic rings. The SMILES string of the molecule is CC(Sc1cccc(C#N)c1[N+](=O)[O-])C(=O)O. The van der Waals surface area contributed by atoms with E-state index in [2.05, 4.69) is 0 Å². The molecule has 0 saturated heterocycles. The molecule has 17 heavy (non-hydrogen) atoms. The molecule has 0 aromatic heterocycles. The number of carboxylic acid groups (broad SMARTS) is 1. The van der Waals surface area contributed by atoms with Gasteiger partial charge in [0.05, 0.1) is 9.82 Å². The van der Waals surface area contributed by atoms with Gasteiger partial charge in [0, 0.05) is 0 Å². The summed E-state index contributed by atoms with van der Waals surface area (Å²) in [6.07, 6.45) is 0. The summed E-state index contributed by atoms with van der Waals surface area (Å²) in [5, 5.41) is 27.5. The fraction of sp³-hybridized carbons (Fsp3) is 0.200. The number of benzene rings is 1. The van der Waals surface area contributed by atoms with E-state index < -0.39 is 16.1 Å². The molecular weight excluding hydrogens is 244 g/mol. The fourth-order valence-corrected chi connectivity index (χ4v) is 2.07. The summed E-state index contributed by atoms with van der Waals surface area (Å²) < 4.78 is 0. The van der Waals surface area contributed by atoms with Crippen molar-refractivity contribution in [2.45, 2.75) is 17.1 Å². The minimum atomic E-state index is -1.06. The van der Waals surface area contributed by atoms with Crippen molar-refractivity contribution in [1.82, 2.24) is 0 Å². The minimum Gasteiger partial charge on any atom is -0.480 e. The van der Waals surface area contributed by atoms with Crippen molar-refractivity contribution in [3.8, 4) is 6.07 Å². The average molecular weight is 252 g/mol. The number of nitriles is 1. The number of nitro groups is 1. The van der Waals surface area contributed by atoms with Gasteiger partial charge in [0.25, 0.3) is 0 Å². The molecule has 0 aliphatic heterocycles. The molecule has 1 N–H and O–H groups in total. The highest BCUT2D eigenvalue weighted by Crippen LogP contribution is 2.34. The van der Waals surface area contributed by atoms with Crippen LogP contribution in [-0.2, 0) is 4.79 Å². The second-order valence-corrected chi connectivity index (χ2v) is 4.50. The van der Waals surface area contributed by atoms with Crippen LogP contribution in [0.15, 0.2) is 23.1 Å². The Bertz CT molecular complexity index is 510. The third kappa shape index (κ3) is 2.95. The normalized spacial score (nSPS) is 11.5. The van der Waals surface area contributed by atoms with Gasteiger partial charge < -0.3 is 5.11 Å². The number of aliphatic carboxylic acids is 1. The van der Waals surface area contributed by atoms with Gasteiger partial charge in [-0.1, -0.05) is 6.07 Å². The lowest BCUT2D eigenvalue weighted by atomic mass is 10.2. The summed E-state index contributed by atoms with van der Waals surface area (Å²) in [5.41, 5.74) is -0.411. The number of rotatable bonds is 4. The van der Waals surface area contributed by atoms with Gasteiger partial charge in [-0.15, -0.1) is 11.8 Å². The number of carbonyl (C=O) groups is 1. The number of nitro benzene ring substituents is 1. The van der Waals surface area contributed by atoms with E-state index in [4.69, 9.17) is 10.4 Å². The summed E-state index contributed by atoms with van der Waals surface area (Å²) in [5.74, 6) is -1.06. The maximum atomic E-state index is 10.8. The molecule has 1 rings (SSSR count). The Morgan fingerprint density at radius 2 is 2.29 bits per heavy atom. The predicted molar refractivity (Wildman–Crippen MR) is 60.8 cm³/mol. The Hall–Kier alpha value is -2.07. The van der Waals surface area contributed by atoms with Gasteiger partial charge in [0.15, 0.2) is 0 Å². The molecular formula is C10H8N2O4S. The number of nitrogens with zero attached hydrogens (tertiary/aromatic N) is 2. The monoisotopic (exact) mass is 252 g/mol. The van der Waals surface area contributed by atoms with E-state index in [-0.39, 0.29) is 16.1 Å². The molecule has 0 heterocycles. The van der Waals surface area contributed by atoms with E-state index in [0.717, 1.165) is 11.8 Å². The quantitative estimate of drug-likeness (QED) is 0.499. The maximum absolute atomic E-state index is 10.8. The summed E-state index contributed by atoms with van der Waals surface area (Å²) in [4.78, 5) is 21.0. The zero-order chi connectivity index (χ0) is 13.0. The Morgan fingerprint density at radius 1 is 1.65 bits per heavy atom. The molecule has 0 saturated carbocycles. The molecule has 0 radical (unpaired) electrons. The lowest BCUT2D eigenvalue weighted by Crippen LogP contribution is -2.11. The Balaban J connectivity index is 3.20. The van der Waals surface area contributed by atoms with Crippen LogP contribution in [0.25, 0.3) is 0 Å². The summed E-state index contributed by atoms with van der Waals surface area (Å²) in [6, 6.07) is 5.97. The topological polar surface area (TPSA) is 104 Å². The molecule has 1 aromatic carbocycles. The highest BCUT2D eigenvalue weighted by atomic mass is 32.2. The first-order chi connectivity index (χ1) is 7.97. The zero-order valence-electron chi connectivity index (χ0n) is 8.78. The lowest BCUT2D eigenvalue weighted by molar-refractivity contribution is -0.388. The number of thioether (sulfide) groups is 1. The van der Waals surface area contributed by atoms with Crippen LogP contribution in [0, 0.1) is 21.4 Å². The first kappa shape index (κ1) is 13.0. The van der Waals surface area contributed by atoms with E-state index in [9.17, 15) is 14.9 Å². The van der Waals surface area contributed by atoms with Gasteiger partial charge in [-0.05, 0) is 19.1 Å². The molecule has 1 aromatic rings. The van der Waals surface area contributed by atoms with Gasteiger partial charge in [-0.2, -0.15) is 5.26 Å². The number of para-hydroxylation sites is 1. The molecule has 1 atom stereocenters. The first-order valence-corrected chi connectivity index (χ1v) is 5.42. The van der Waals surface area contributed by atoms with Gasteiger partial charge >= 0.3 is 11.7 Å². The van der Waals surface area contributed by atoms with Gasteiger partial charge in [0.1, 0.15) is 16.9 Å². The van der Waals surface area contributed by atoms with Crippen molar-refractivity contribution in [3.63, 3.8) is 0 Å². The molecule has 0 bridgehead atoms. The Morgan fingerprint density at radius 3 is 2.76 bits per heavy atom. The van der Waals surface area contributed by atoms with Crippen molar-refractivity contribution in [3.05, 3.63) is 33.9 Å². The van der Waals surface area contributed by atoms with E-state index in [1.165, 1.54) is 25.1 Å². The van der Waals surface area contributed by atoms with Crippen molar-refractivity contribution < 1.29 is 14.8 Å². The summed E-state index contributed by atoms with van der Waals surface area (Å²) >= 11 is 0.844. The third-order valence-electron chi connectivity index (χ3n) is 1.95. The van der Waals surface area contributed by atoms with Gasteiger partial charge in [-0.3, -0.25) is 14.9 Å². The van der Waals surface area contributed by atoms with Crippen molar-refractivity contribution in [1.29, 1.82) is 5.26 Å². The van der Waals surface area contributed by atoms with Crippen LogP contribution in [0.4, 0.5) is 5.69 Å². The second kappa shape index (κ2) is 5.32. The highest BCUT2D eigenvalue weighted by molar-refractivity contribution is 8.00. The van der Waals surface area contributed by atoms with Crippen LogP contribution < -0.4 is 0 Å². The Kier molecular flexibility index (Phi) is 4.06. The lowest BCUT2D eigenvalue weighted by Gasteiger charge is -2.06. The standard InChI is InChI=1S/C10H8N2O4S/c1-6(10(13)14)17-8-4-2-3-7(5-11)9(8)12(15)16/h2-4,6H,1H3,(H,13,14). The first-order valence-electron chi connectivity index (χ1n) is 4.54. The van der Waals surface area contributed by atoms with Crippen molar-refractivity contribution >= 4 is 23.4 Å². The smallest absolute Gasteiger partial charge is 0.316 e. The molecule has 6 nitrogen and oxygen atoms in total. The predicted octanol–water partition coefficient (Wildman–Crippen LogP) is 2.03. The zero-order valence-corrected chi connectivity index (χ0v) is 9.60. The van der Waals surface area contributed by atoms with Crippen LogP contribution in [-0.4, -0.2) is 21.2 Å². The van der Waals surface area contributed by atoms with Crippen LogP contribution >= 0.6 is 11.8 Å². The molecule has 0 fully saturated rings. The number of carboxylic acids is 1. The maximum Gasteiger partial charge on any atom is 0.316 e. The Labute approximate surface area is 101 Å². The fourth-order valence-electron chi connectivity index (χ4n) is 1.14. The second-order valence-electron chi connectivity index (χ2n) is 3.12. The largest absolute Gasteiger partial charge is 0.480 e. The molecule has 0 amide bonds. The molecule has 7 heteroatoms. The molecule has 0 aliphatic carbocycles. The highest BCUT2D eigenvalue weighted by Gasteiger charge is 2.23.